The highest BCUT2D eigenvalue weighted by Gasteiger charge is 2.31. The van der Waals surface area contributed by atoms with Crippen LogP contribution in [0.1, 0.15) is 18.4 Å². The van der Waals surface area contributed by atoms with E-state index in [0.717, 1.165) is 16.7 Å². The molecule has 9 heteroatoms. The van der Waals surface area contributed by atoms with Crippen LogP contribution in [0.2, 0.25) is 0 Å². The molecule has 0 saturated carbocycles. The van der Waals surface area contributed by atoms with Gasteiger partial charge in [-0.1, -0.05) is 91.0 Å². The Labute approximate surface area is 239 Å². The van der Waals surface area contributed by atoms with Gasteiger partial charge in [0.15, 0.2) is 0 Å². The molecule has 4 aromatic rings. The Bertz CT molecular complexity index is 1390. The van der Waals surface area contributed by atoms with E-state index < -0.39 is 19.6 Å². The minimum absolute atomic E-state index is 0.0512. The van der Waals surface area contributed by atoms with Crippen LogP contribution in [0.3, 0.4) is 0 Å². The predicted molar refractivity (Wildman–Crippen MR) is 159 cm³/mol. The second-order valence-electron chi connectivity index (χ2n) is 9.39. The van der Waals surface area contributed by atoms with Crippen molar-refractivity contribution in [3.05, 3.63) is 121 Å². The minimum atomic E-state index is -3.82. The normalized spacial score (nSPS) is 11.8. The number of rotatable bonds is 15. The smallest absolute Gasteiger partial charge is 0.444 e. The average Bonchev–Trinajstić information content (AvgIpc) is 2.99. The number of carbonyl (C=O) groups excluding carboxylic acids is 1. The van der Waals surface area contributed by atoms with Crippen LogP contribution in [-0.4, -0.2) is 35.9 Å². The Kier molecular flexibility index (Phi) is 10.7. The second-order valence-corrected chi connectivity index (χ2v) is 11.3. The Morgan fingerprint density at radius 2 is 1.24 bits per heavy atom. The third-order valence-electron chi connectivity index (χ3n) is 6.19. The van der Waals surface area contributed by atoms with Crippen LogP contribution in [0.4, 0.5) is 0 Å². The van der Waals surface area contributed by atoms with Crippen LogP contribution in [0, 0.1) is 0 Å². The van der Waals surface area contributed by atoms with Gasteiger partial charge in [-0.25, -0.2) is 4.57 Å². The van der Waals surface area contributed by atoms with E-state index in [2.05, 4.69) is 10.6 Å². The molecule has 0 spiro atoms. The summed E-state index contributed by atoms with van der Waals surface area (Å²) in [5.41, 5.74) is 3.03. The largest absolute Gasteiger partial charge is 0.481 e. The van der Waals surface area contributed by atoms with Gasteiger partial charge in [-0.2, -0.15) is 0 Å². The maximum Gasteiger partial charge on any atom is 0.444 e. The fourth-order valence-corrected chi connectivity index (χ4v) is 5.62. The Hall–Kier alpha value is -4.39. The number of benzene rings is 4. The molecule has 41 heavy (non-hydrogen) atoms. The van der Waals surface area contributed by atoms with E-state index in [9.17, 15) is 14.2 Å². The zero-order chi connectivity index (χ0) is 28.9. The van der Waals surface area contributed by atoms with Gasteiger partial charge in [0.1, 0.15) is 17.8 Å². The zero-order valence-electron chi connectivity index (χ0n) is 22.5. The van der Waals surface area contributed by atoms with Crippen LogP contribution in [0.25, 0.3) is 11.1 Å². The van der Waals surface area contributed by atoms with Gasteiger partial charge in [0, 0.05) is 13.0 Å². The number of carboxylic acid groups (broad SMARTS) is 1. The summed E-state index contributed by atoms with van der Waals surface area (Å²) in [6.07, 6.45) is 0.305. The topological polar surface area (TPSA) is 114 Å². The van der Waals surface area contributed by atoms with Gasteiger partial charge in [0.25, 0.3) is 0 Å². The molecule has 0 aliphatic rings. The quantitative estimate of drug-likeness (QED) is 0.116. The third-order valence-corrected chi connectivity index (χ3v) is 7.74. The molecule has 0 radical (unpaired) electrons. The van der Waals surface area contributed by atoms with Gasteiger partial charge in [-0.3, -0.25) is 14.9 Å². The van der Waals surface area contributed by atoms with Crippen LogP contribution in [0.15, 0.2) is 115 Å². The highest BCUT2D eigenvalue weighted by molar-refractivity contribution is 7.54. The molecule has 0 bridgehead atoms. The van der Waals surface area contributed by atoms with Crippen molar-refractivity contribution in [2.45, 2.75) is 25.3 Å². The van der Waals surface area contributed by atoms with Crippen molar-refractivity contribution in [1.82, 2.24) is 10.6 Å². The number of carbonyl (C=O) groups is 2. The molecule has 0 aromatic heterocycles. The van der Waals surface area contributed by atoms with Crippen LogP contribution in [-0.2, 0) is 20.6 Å². The third kappa shape index (κ3) is 9.64. The first-order valence-corrected chi connectivity index (χ1v) is 15.1. The van der Waals surface area contributed by atoms with Gasteiger partial charge >= 0.3 is 13.6 Å². The van der Waals surface area contributed by atoms with Crippen molar-refractivity contribution < 1.29 is 28.3 Å². The predicted octanol–water partition coefficient (Wildman–Crippen LogP) is 6.14. The molecule has 0 saturated heterocycles. The zero-order valence-corrected chi connectivity index (χ0v) is 23.4. The summed E-state index contributed by atoms with van der Waals surface area (Å²) in [5, 5.41) is 14.8. The second kappa shape index (κ2) is 14.8. The SMILES string of the molecule is O=C(O)CCCNC(=O)[C@H](Cc1ccc(-c2ccccc2)cc1)NCP(=O)(Oc1ccccc1)Oc1ccccc1. The van der Waals surface area contributed by atoms with Gasteiger partial charge in [-0.15, -0.1) is 0 Å². The summed E-state index contributed by atoms with van der Waals surface area (Å²) < 4.78 is 25.7. The molecule has 4 aromatic carbocycles. The highest BCUT2D eigenvalue weighted by Crippen LogP contribution is 2.47. The van der Waals surface area contributed by atoms with Crippen LogP contribution < -0.4 is 19.7 Å². The summed E-state index contributed by atoms with van der Waals surface area (Å²) in [5.74, 6) is -0.516. The fourth-order valence-electron chi connectivity index (χ4n) is 4.12. The van der Waals surface area contributed by atoms with Crippen molar-refractivity contribution in [2.75, 3.05) is 12.8 Å². The molecule has 0 aliphatic heterocycles. The van der Waals surface area contributed by atoms with Crippen molar-refractivity contribution in [3.8, 4) is 22.6 Å². The Morgan fingerprint density at radius 3 is 1.78 bits per heavy atom. The lowest BCUT2D eigenvalue weighted by atomic mass is 10.0. The number of nitrogens with one attached hydrogen (secondary N) is 2. The molecule has 0 unspecified atom stereocenters. The maximum atomic E-state index is 14.0. The van der Waals surface area contributed by atoms with Gasteiger partial charge in [0.2, 0.25) is 5.91 Å². The Balaban J connectivity index is 1.51. The number of aliphatic carboxylic acids is 1. The number of hydrogen-bond donors (Lipinski definition) is 3. The number of amides is 1. The van der Waals surface area contributed by atoms with Crippen molar-refractivity contribution in [3.63, 3.8) is 0 Å². The van der Waals surface area contributed by atoms with E-state index in [-0.39, 0.29) is 25.2 Å². The molecule has 0 heterocycles. The van der Waals surface area contributed by atoms with E-state index in [1.165, 1.54) is 0 Å². The number of para-hydroxylation sites is 2. The molecule has 0 fully saturated rings. The molecule has 1 atom stereocenters. The summed E-state index contributed by atoms with van der Waals surface area (Å²) in [7, 11) is -3.82. The summed E-state index contributed by atoms with van der Waals surface area (Å²) in [6.45, 7) is 0.203. The number of carboxylic acids is 1. The average molecular weight is 573 g/mol. The summed E-state index contributed by atoms with van der Waals surface area (Å²) in [4.78, 5) is 24.1. The summed E-state index contributed by atoms with van der Waals surface area (Å²) >= 11 is 0. The van der Waals surface area contributed by atoms with Crippen LogP contribution >= 0.6 is 7.60 Å². The molecule has 3 N–H and O–H groups in total. The fraction of sp³-hybridized carbons (Fsp3) is 0.188. The van der Waals surface area contributed by atoms with E-state index in [4.69, 9.17) is 14.2 Å². The monoisotopic (exact) mass is 572 g/mol. The van der Waals surface area contributed by atoms with Crippen molar-refractivity contribution >= 4 is 19.5 Å². The van der Waals surface area contributed by atoms with Crippen LogP contribution in [0.5, 0.6) is 11.5 Å². The lowest BCUT2D eigenvalue weighted by Gasteiger charge is -2.24. The first-order valence-electron chi connectivity index (χ1n) is 13.4. The first-order chi connectivity index (χ1) is 19.9. The lowest BCUT2D eigenvalue weighted by Crippen LogP contribution is -2.46. The lowest BCUT2D eigenvalue weighted by molar-refractivity contribution is -0.137. The minimum Gasteiger partial charge on any atom is -0.481 e. The molecule has 8 nitrogen and oxygen atoms in total. The Morgan fingerprint density at radius 1 is 0.732 bits per heavy atom. The number of hydrogen-bond acceptors (Lipinski definition) is 6. The van der Waals surface area contributed by atoms with E-state index in [1.54, 1.807) is 48.5 Å². The molecular weight excluding hydrogens is 539 g/mol. The standard InChI is InChI=1S/C32H33N2O6P/c35-31(36)17-10-22-33-32(37)30(23-25-18-20-27(21-19-25)26-11-4-1-5-12-26)34-24-41(38,39-28-13-6-2-7-14-28)40-29-15-8-3-9-16-29/h1-9,11-16,18-21,30,34H,10,17,22-24H2,(H,33,37)(H,35,36)/t30-/m0/s1. The van der Waals surface area contributed by atoms with Crippen molar-refractivity contribution in [1.29, 1.82) is 0 Å². The maximum absolute atomic E-state index is 14.0. The molecule has 212 valence electrons. The molecular formula is C32H33N2O6P. The molecule has 0 aliphatic carbocycles. The highest BCUT2D eigenvalue weighted by atomic mass is 31.2. The molecule has 4 rings (SSSR count). The van der Waals surface area contributed by atoms with E-state index in [0.29, 0.717) is 24.3 Å². The summed E-state index contributed by atoms with van der Waals surface area (Å²) in [6, 6.07) is 34.5. The van der Waals surface area contributed by atoms with E-state index >= 15 is 0 Å². The molecule has 1 amide bonds. The first kappa shape index (κ1) is 29.6. The van der Waals surface area contributed by atoms with Gasteiger partial charge < -0.3 is 19.5 Å². The van der Waals surface area contributed by atoms with Gasteiger partial charge in [-0.05, 0) is 53.8 Å². The van der Waals surface area contributed by atoms with E-state index in [1.807, 2.05) is 66.7 Å². The van der Waals surface area contributed by atoms with Crippen molar-refractivity contribution in [2.24, 2.45) is 0 Å². The van der Waals surface area contributed by atoms with Gasteiger partial charge in [0.05, 0.1) is 6.04 Å².